The van der Waals surface area contributed by atoms with E-state index in [4.69, 9.17) is 0 Å². The van der Waals surface area contributed by atoms with Crippen molar-refractivity contribution in [3.63, 3.8) is 0 Å². The van der Waals surface area contributed by atoms with E-state index in [9.17, 15) is 4.39 Å². The molecule has 0 radical (unpaired) electrons. The molecule has 3 heteroatoms. The highest BCUT2D eigenvalue weighted by Crippen LogP contribution is 2.17. The summed E-state index contributed by atoms with van der Waals surface area (Å²) in [6.07, 6.45) is 2.44. The van der Waals surface area contributed by atoms with Crippen molar-refractivity contribution in [2.45, 2.75) is 33.2 Å². The number of rotatable bonds is 6. The average molecular weight is 288 g/mol. The molecule has 0 saturated carbocycles. The number of nitrogens with one attached hydrogen (secondary N) is 1. The minimum Gasteiger partial charge on any atom is -0.313 e. The first-order chi connectivity index (χ1) is 7.59. The zero-order valence-corrected chi connectivity index (χ0v) is 11.5. The Morgan fingerprint density at radius 2 is 2.12 bits per heavy atom. The van der Waals surface area contributed by atoms with Crippen LogP contribution in [0.4, 0.5) is 4.39 Å². The summed E-state index contributed by atoms with van der Waals surface area (Å²) in [5.74, 6) is 0.565. The zero-order valence-electron chi connectivity index (χ0n) is 9.89. The number of hydrogen-bond acceptors (Lipinski definition) is 1. The number of hydrogen-bond donors (Lipinski definition) is 1. The normalized spacial score (nSPS) is 11.1. The van der Waals surface area contributed by atoms with Crippen molar-refractivity contribution in [3.05, 3.63) is 34.1 Å². The van der Waals surface area contributed by atoms with Gasteiger partial charge in [0.25, 0.3) is 0 Å². The topological polar surface area (TPSA) is 12.0 Å². The highest BCUT2D eigenvalue weighted by molar-refractivity contribution is 9.10. The fourth-order valence-electron chi connectivity index (χ4n) is 1.52. The largest absolute Gasteiger partial charge is 0.313 e. The summed E-state index contributed by atoms with van der Waals surface area (Å²) in [6.45, 7) is 6.27. The lowest BCUT2D eigenvalue weighted by Gasteiger charge is -2.08. The van der Waals surface area contributed by atoms with Crippen LogP contribution in [-0.4, -0.2) is 6.54 Å². The number of benzene rings is 1. The van der Waals surface area contributed by atoms with Gasteiger partial charge in [-0.2, -0.15) is 0 Å². The van der Waals surface area contributed by atoms with E-state index < -0.39 is 0 Å². The van der Waals surface area contributed by atoms with Gasteiger partial charge in [-0.25, -0.2) is 4.39 Å². The first-order valence-electron chi connectivity index (χ1n) is 5.74. The van der Waals surface area contributed by atoms with E-state index in [1.54, 1.807) is 0 Å². The maximum Gasteiger partial charge on any atom is 0.124 e. The molecule has 1 rings (SSSR count). The Bertz CT molecular complexity index is 326. The number of halogens is 2. The maximum absolute atomic E-state index is 12.8. The lowest BCUT2D eigenvalue weighted by Crippen LogP contribution is -2.15. The molecule has 0 amide bonds. The van der Waals surface area contributed by atoms with Crippen molar-refractivity contribution < 1.29 is 4.39 Å². The van der Waals surface area contributed by atoms with E-state index in [2.05, 4.69) is 35.1 Å². The fourth-order valence-corrected chi connectivity index (χ4v) is 2.01. The van der Waals surface area contributed by atoms with Gasteiger partial charge in [-0.3, -0.25) is 0 Å². The van der Waals surface area contributed by atoms with Gasteiger partial charge >= 0.3 is 0 Å². The van der Waals surface area contributed by atoms with Crippen LogP contribution in [0.2, 0.25) is 0 Å². The minimum absolute atomic E-state index is 0.199. The van der Waals surface area contributed by atoms with Crippen LogP contribution in [0, 0.1) is 11.7 Å². The first kappa shape index (κ1) is 13.7. The molecule has 1 nitrogen and oxygen atoms in total. The van der Waals surface area contributed by atoms with Gasteiger partial charge in [0, 0.05) is 11.0 Å². The van der Waals surface area contributed by atoms with Gasteiger partial charge in [0.1, 0.15) is 5.82 Å². The van der Waals surface area contributed by atoms with Crippen molar-refractivity contribution >= 4 is 15.9 Å². The molecule has 0 heterocycles. The molecule has 0 unspecified atom stereocenters. The van der Waals surface area contributed by atoms with E-state index in [0.717, 1.165) is 29.0 Å². The van der Waals surface area contributed by atoms with E-state index in [-0.39, 0.29) is 5.82 Å². The second kappa shape index (κ2) is 7.02. The average Bonchev–Trinajstić information content (AvgIpc) is 2.20. The first-order valence-corrected chi connectivity index (χ1v) is 6.53. The Balaban J connectivity index is 2.27. The summed E-state index contributed by atoms with van der Waals surface area (Å²) >= 11 is 3.36. The van der Waals surface area contributed by atoms with Gasteiger partial charge in [-0.05, 0) is 43.0 Å². The van der Waals surface area contributed by atoms with Gasteiger partial charge in [-0.1, -0.05) is 35.8 Å². The van der Waals surface area contributed by atoms with Gasteiger partial charge in [0.05, 0.1) is 0 Å². The lowest BCUT2D eigenvalue weighted by atomic mass is 10.1. The van der Waals surface area contributed by atoms with E-state index in [1.165, 1.54) is 25.0 Å². The van der Waals surface area contributed by atoms with Crippen molar-refractivity contribution in [2.75, 3.05) is 6.54 Å². The molecule has 0 atom stereocenters. The smallest absolute Gasteiger partial charge is 0.124 e. The summed E-state index contributed by atoms with van der Waals surface area (Å²) in [7, 11) is 0. The molecule has 16 heavy (non-hydrogen) atoms. The van der Waals surface area contributed by atoms with Gasteiger partial charge in [0.2, 0.25) is 0 Å². The van der Waals surface area contributed by atoms with Crippen molar-refractivity contribution in [1.29, 1.82) is 0 Å². The van der Waals surface area contributed by atoms with E-state index in [1.807, 2.05) is 6.07 Å². The zero-order chi connectivity index (χ0) is 12.0. The van der Waals surface area contributed by atoms with E-state index >= 15 is 0 Å². The van der Waals surface area contributed by atoms with Crippen LogP contribution in [-0.2, 0) is 6.54 Å². The molecular weight excluding hydrogens is 269 g/mol. The molecule has 0 aromatic heterocycles. The molecule has 0 spiro atoms. The highest BCUT2D eigenvalue weighted by Gasteiger charge is 2.01. The quantitative estimate of drug-likeness (QED) is 0.777. The molecule has 1 aromatic carbocycles. The summed E-state index contributed by atoms with van der Waals surface area (Å²) in [4.78, 5) is 0. The Morgan fingerprint density at radius 1 is 1.38 bits per heavy atom. The second-order valence-electron chi connectivity index (χ2n) is 4.45. The molecular formula is C13H19BrFN. The van der Waals surface area contributed by atoms with Gasteiger partial charge in [-0.15, -0.1) is 0 Å². The van der Waals surface area contributed by atoms with Crippen LogP contribution in [0.5, 0.6) is 0 Å². The molecule has 0 saturated heterocycles. The molecule has 1 N–H and O–H groups in total. The Labute approximate surface area is 106 Å². The monoisotopic (exact) mass is 287 g/mol. The molecule has 90 valence electrons. The van der Waals surface area contributed by atoms with Crippen molar-refractivity contribution in [2.24, 2.45) is 5.92 Å². The fraction of sp³-hybridized carbons (Fsp3) is 0.538. The van der Waals surface area contributed by atoms with Crippen LogP contribution < -0.4 is 5.32 Å². The Morgan fingerprint density at radius 3 is 2.75 bits per heavy atom. The van der Waals surface area contributed by atoms with Crippen LogP contribution in [0.15, 0.2) is 22.7 Å². The molecule has 0 aliphatic heterocycles. The predicted octanol–water partition coefficient (Wildman–Crippen LogP) is 4.11. The van der Waals surface area contributed by atoms with Gasteiger partial charge in [0.15, 0.2) is 0 Å². The summed E-state index contributed by atoms with van der Waals surface area (Å²) in [5, 5.41) is 3.36. The third-order valence-corrected chi connectivity index (χ3v) is 3.20. The van der Waals surface area contributed by atoms with Crippen molar-refractivity contribution in [1.82, 2.24) is 5.32 Å². The molecule has 0 aliphatic carbocycles. The third-order valence-electron chi connectivity index (χ3n) is 2.47. The molecule has 0 fully saturated rings. The lowest BCUT2D eigenvalue weighted by molar-refractivity contribution is 0.527. The third kappa shape index (κ3) is 5.08. The summed E-state index contributed by atoms with van der Waals surface area (Å²) < 4.78 is 13.7. The standard InChI is InChI=1S/C13H19BrFN/c1-10(2)4-3-7-16-9-11-5-6-12(15)8-13(11)14/h5-6,8,10,16H,3-4,7,9H2,1-2H3. The second-order valence-corrected chi connectivity index (χ2v) is 5.30. The van der Waals surface area contributed by atoms with E-state index in [0.29, 0.717) is 0 Å². The SMILES string of the molecule is CC(C)CCCNCc1ccc(F)cc1Br. The van der Waals surface area contributed by atoms with Crippen LogP contribution in [0.3, 0.4) is 0 Å². The molecule has 1 aromatic rings. The minimum atomic E-state index is -0.199. The van der Waals surface area contributed by atoms with Crippen LogP contribution in [0.1, 0.15) is 32.3 Å². The van der Waals surface area contributed by atoms with Crippen LogP contribution >= 0.6 is 15.9 Å². The van der Waals surface area contributed by atoms with Crippen molar-refractivity contribution in [3.8, 4) is 0 Å². The summed E-state index contributed by atoms with van der Waals surface area (Å²) in [5.41, 5.74) is 1.10. The van der Waals surface area contributed by atoms with Gasteiger partial charge < -0.3 is 5.32 Å². The molecule has 0 bridgehead atoms. The predicted molar refractivity (Wildman–Crippen MR) is 69.9 cm³/mol. The van der Waals surface area contributed by atoms with Crippen LogP contribution in [0.25, 0.3) is 0 Å². The summed E-state index contributed by atoms with van der Waals surface area (Å²) in [6, 6.07) is 4.82. The Hall–Kier alpha value is -0.410. The Kier molecular flexibility index (Phi) is 5.99. The molecule has 0 aliphatic rings. The highest BCUT2D eigenvalue weighted by atomic mass is 79.9. The maximum atomic E-state index is 12.8.